The number of carbonyl (C=O) groups excluding carboxylic acids is 1. The van der Waals surface area contributed by atoms with E-state index in [1.54, 1.807) is 36.1 Å². The molecule has 0 atom stereocenters. The molecule has 2 aromatic rings. The van der Waals surface area contributed by atoms with Crippen LogP contribution in [0.5, 0.6) is 0 Å². The fourth-order valence-corrected chi connectivity index (χ4v) is 2.34. The van der Waals surface area contributed by atoms with E-state index in [4.69, 9.17) is 17.1 Å². The molecule has 2 rings (SSSR count). The molecule has 6 heteroatoms. The number of amides is 1. The standard InChI is InChI=1S/C18H15ClN4O/c1-2-5-14-6-3-4-7-17(14)23(18(24)12-13-21-22-20)16-10-8-15(19)9-11-16/h3-4,6-11H,12-13H2,1H3. The Balaban J connectivity index is 2.49. The molecule has 0 fully saturated rings. The summed E-state index contributed by atoms with van der Waals surface area (Å²) in [4.78, 5) is 17.0. The topological polar surface area (TPSA) is 69.1 Å². The molecule has 120 valence electrons. The molecule has 0 aliphatic heterocycles. The van der Waals surface area contributed by atoms with Gasteiger partial charge >= 0.3 is 0 Å². The van der Waals surface area contributed by atoms with Crippen LogP contribution in [0.4, 0.5) is 11.4 Å². The van der Waals surface area contributed by atoms with Gasteiger partial charge in [0.05, 0.1) is 5.69 Å². The van der Waals surface area contributed by atoms with Crippen molar-refractivity contribution in [3.8, 4) is 11.8 Å². The van der Waals surface area contributed by atoms with Crippen molar-refractivity contribution in [2.24, 2.45) is 5.11 Å². The number of anilines is 2. The first-order valence-corrected chi connectivity index (χ1v) is 7.66. The van der Waals surface area contributed by atoms with Crippen molar-refractivity contribution in [1.29, 1.82) is 0 Å². The molecule has 0 aliphatic rings. The normalized spacial score (nSPS) is 9.42. The summed E-state index contributed by atoms with van der Waals surface area (Å²) in [6.07, 6.45) is 0.0978. The van der Waals surface area contributed by atoms with Gasteiger partial charge in [0.25, 0.3) is 0 Å². The van der Waals surface area contributed by atoms with Gasteiger partial charge < -0.3 is 0 Å². The molecule has 1 amide bonds. The van der Waals surface area contributed by atoms with Crippen molar-refractivity contribution < 1.29 is 4.79 Å². The highest BCUT2D eigenvalue weighted by Gasteiger charge is 2.19. The van der Waals surface area contributed by atoms with Gasteiger partial charge in [-0.1, -0.05) is 34.8 Å². The number of benzene rings is 2. The van der Waals surface area contributed by atoms with E-state index in [-0.39, 0.29) is 18.9 Å². The molecule has 0 bridgehead atoms. The van der Waals surface area contributed by atoms with Crippen LogP contribution < -0.4 is 4.90 Å². The van der Waals surface area contributed by atoms with Gasteiger partial charge in [0.2, 0.25) is 5.91 Å². The lowest BCUT2D eigenvalue weighted by atomic mass is 10.1. The minimum absolute atomic E-state index is 0.0978. The lowest BCUT2D eigenvalue weighted by Gasteiger charge is -2.24. The Morgan fingerprint density at radius 3 is 2.62 bits per heavy atom. The van der Waals surface area contributed by atoms with Crippen molar-refractivity contribution >= 4 is 28.9 Å². The van der Waals surface area contributed by atoms with Gasteiger partial charge in [0, 0.05) is 34.2 Å². The van der Waals surface area contributed by atoms with E-state index in [1.807, 2.05) is 24.3 Å². The van der Waals surface area contributed by atoms with E-state index in [2.05, 4.69) is 21.9 Å². The first-order chi connectivity index (χ1) is 11.7. The number of azide groups is 1. The van der Waals surface area contributed by atoms with Gasteiger partial charge in [-0.3, -0.25) is 9.69 Å². The summed E-state index contributed by atoms with van der Waals surface area (Å²) in [7, 11) is 0. The molecule has 24 heavy (non-hydrogen) atoms. The summed E-state index contributed by atoms with van der Waals surface area (Å²) in [6.45, 7) is 1.84. The number of nitrogens with zero attached hydrogens (tertiary/aromatic N) is 4. The zero-order valence-corrected chi connectivity index (χ0v) is 13.9. The van der Waals surface area contributed by atoms with Gasteiger partial charge in [-0.25, -0.2) is 0 Å². The summed E-state index contributed by atoms with van der Waals surface area (Å²) in [5, 5.41) is 4.02. The van der Waals surface area contributed by atoms with Gasteiger partial charge in [0.15, 0.2) is 0 Å². The maximum absolute atomic E-state index is 12.7. The van der Waals surface area contributed by atoms with E-state index in [0.29, 0.717) is 16.4 Å². The molecule has 5 nitrogen and oxygen atoms in total. The lowest BCUT2D eigenvalue weighted by Crippen LogP contribution is -2.27. The maximum atomic E-state index is 12.7. The summed E-state index contributed by atoms with van der Waals surface area (Å²) in [5.74, 6) is 5.68. The van der Waals surface area contributed by atoms with E-state index in [1.165, 1.54) is 0 Å². The summed E-state index contributed by atoms with van der Waals surface area (Å²) < 4.78 is 0. The highest BCUT2D eigenvalue weighted by molar-refractivity contribution is 6.30. The first-order valence-electron chi connectivity index (χ1n) is 7.28. The molecule has 2 aromatic carbocycles. The predicted octanol–water partition coefficient (Wildman–Crippen LogP) is 5.08. The summed E-state index contributed by atoms with van der Waals surface area (Å²) in [6, 6.07) is 14.4. The molecule has 0 spiro atoms. The Hall–Kier alpha value is -2.93. The largest absolute Gasteiger partial charge is 0.280 e. The van der Waals surface area contributed by atoms with Crippen LogP contribution in [0.3, 0.4) is 0 Å². The quantitative estimate of drug-likeness (QED) is 0.324. The average molecular weight is 339 g/mol. The Morgan fingerprint density at radius 1 is 1.25 bits per heavy atom. The third-order valence-corrected chi connectivity index (χ3v) is 3.48. The molecule has 0 aliphatic carbocycles. The third kappa shape index (κ3) is 4.30. The highest BCUT2D eigenvalue weighted by Crippen LogP contribution is 2.30. The van der Waals surface area contributed by atoms with Gasteiger partial charge in [-0.05, 0) is 48.9 Å². The fourth-order valence-electron chi connectivity index (χ4n) is 2.22. The summed E-state index contributed by atoms with van der Waals surface area (Å²) in [5.41, 5.74) is 10.5. The molecule has 0 aromatic heterocycles. The number of halogens is 1. The smallest absolute Gasteiger partial charge is 0.231 e. The zero-order chi connectivity index (χ0) is 17.4. The minimum Gasteiger partial charge on any atom is -0.280 e. The average Bonchev–Trinajstić information content (AvgIpc) is 2.59. The Morgan fingerprint density at radius 2 is 1.96 bits per heavy atom. The van der Waals surface area contributed by atoms with E-state index >= 15 is 0 Å². The Bertz CT molecular complexity index is 830. The van der Waals surface area contributed by atoms with Crippen molar-refractivity contribution in [2.45, 2.75) is 13.3 Å². The van der Waals surface area contributed by atoms with E-state index in [0.717, 1.165) is 5.56 Å². The van der Waals surface area contributed by atoms with Crippen molar-refractivity contribution in [2.75, 3.05) is 11.4 Å². The fraction of sp³-hybridized carbons (Fsp3) is 0.167. The molecule has 0 unspecified atom stereocenters. The van der Waals surface area contributed by atoms with Crippen LogP contribution in [0.1, 0.15) is 18.9 Å². The molecule has 0 saturated heterocycles. The van der Waals surface area contributed by atoms with Crippen LogP contribution in [-0.2, 0) is 4.79 Å². The van der Waals surface area contributed by atoms with Crippen molar-refractivity contribution in [3.63, 3.8) is 0 Å². The Labute approximate surface area is 145 Å². The minimum atomic E-state index is -0.185. The molecule has 0 saturated carbocycles. The zero-order valence-electron chi connectivity index (χ0n) is 13.1. The SMILES string of the molecule is CC#Cc1ccccc1N(C(=O)CCN=[N+]=[N-])c1ccc(Cl)cc1. The number of hydrogen-bond acceptors (Lipinski definition) is 2. The van der Waals surface area contributed by atoms with Crippen LogP contribution in [0.15, 0.2) is 53.6 Å². The van der Waals surface area contributed by atoms with Crippen LogP contribution >= 0.6 is 11.6 Å². The van der Waals surface area contributed by atoms with Crippen LogP contribution in [0.25, 0.3) is 10.4 Å². The van der Waals surface area contributed by atoms with Gasteiger partial charge in [-0.15, -0.1) is 5.92 Å². The number of hydrogen-bond donors (Lipinski definition) is 0. The van der Waals surface area contributed by atoms with E-state index in [9.17, 15) is 4.79 Å². The number of carbonyl (C=O) groups is 1. The molecule has 0 radical (unpaired) electrons. The highest BCUT2D eigenvalue weighted by atomic mass is 35.5. The molecule has 0 heterocycles. The Kier molecular flexibility index (Phi) is 6.27. The second kappa shape index (κ2) is 8.64. The van der Waals surface area contributed by atoms with E-state index < -0.39 is 0 Å². The number of para-hydroxylation sites is 1. The molecule has 0 N–H and O–H groups in total. The molecular weight excluding hydrogens is 324 g/mol. The van der Waals surface area contributed by atoms with Crippen LogP contribution in [0, 0.1) is 11.8 Å². The van der Waals surface area contributed by atoms with Crippen LogP contribution in [0.2, 0.25) is 5.02 Å². The molecular formula is C18H15ClN4O. The predicted molar refractivity (Wildman–Crippen MR) is 96.2 cm³/mol. The first kappa shape index (κ1) is 17.4. The third-order valence-electron chi connectivity index (χ3n) is 3.23. The monoisotopic (exact) mass is 338 g/mol. The van der Waals surface area contributed by atoms with Crippen molar-refractivity contribution in [3.05, 3.63) is 69.6 Å². The lowest BCUT2D eigenvalue weighted by molar-refractivity contribution is -0.117. The maximum Gasteiger partial charge on any atom is 0.231 e. The second-order valence-corrected chi connectivity index (χ2v) is 5.24. The second-order valence-electron chi connectivity index (χ2n) is 4.80. The number of rotatable bonds is 5. The van der Waals surface area contributed by atoms with Crippen molar-refractivity contribution in [1.82, 2.24) is 0 Å². The summed E-state index contributed by atoms with van der Waals surface area (Å²) >= 11 is 5.94. The van der Waals surface area contributed by atoms with Gasteiger partial charge in [-0.2, -0.15) is 0 Å². The van der Waals surface area contributed by atoms with Gasteiger partial charge in [0.1, 0.15) is 0 Å². The van der Waals surface area contributed by atoms with Crippen LogP contribution in [-0.4, -0.2) is 12.5 Å².